The molecule has 0 aliphatic carbocycles. The lowest BCUT2D eigenvalue weighted by Gasteiger charge is -2.27. The normalized spacial score (nSPS) is 20.1. The first-order valence-electron chi connectivity index (χ1n) is 6.16. The van der Waals surface area contributed by atoms with Gasteiger partial charge in [-0.1, -0.05) is 6.07 Å². The van der Waals surface area contributed by atoms with Crippen LogP contribution in [0.4, 0.5) is 5.69 Å². The zero-order chi connectivity index (χ0) is 14.4. The molecule has 0 saturated carbocycles. The van der Waals surface area contributed by atoms with Crippen molar-refractivity contribution in [1.82, 2.24) is 0 Å². The van der Waals surface area contributed by atoms with Gasteiger partial charge in [0.2, 0.25) is 0 Å². The van der Waals surface area contributed by atoms with E-state index in [1.807, 2.05) is 6.07 Å². The molecule has 2 heterocycles. The first kappa shape index (κ1) is 11.5. The third-order valence-corrected chi connectivity index (χ3v) is 3.21. The number of benzene rings is 2. The highest BCUT2D eigenvalue weighted by atomic mass is 16.9. The highest BCUT2D eigenvalue weighted by molar-refractivity contribution is 6.59. The van der Waals surface area contributed by atoms with Crippen LogP contribution >= 0.6 is 0 Å². The zero-order valence-corrected chi connectivity index (χ0v) is 10.6. The summed E-state index contributed by atoms with van der Waals surface area (Å²) in [6, 6.07) is 11.7. The van der Waals surface area contributed by atoms with E-state index in [-0.39, 0.29) is 0 Å². The second kappa shape index (κ2) is 3.84. The molecule has 0 bridgehead atoms. The third kappa shape index (κ3) is 1.65. The van der Waals surface area contributed by atoms with Gasteiger partial charge in [-0.15, -0.1) is 0 Å². The summed E-state index contributed by atoms with van der Waals surface area (Å²) in [6.07, 6.45) is 0. The highest BCUT2D eigenvalue weighted by Crippen LogP contribution is 2.46. The summed E-state index contributed by atoms with van der Waals surface area (Å²) in [5.74, 6) is 1.70. The molecule has 6 nitrogen and oxygen atoms in total. The van der Waals surface area contributed by atoms with Gasteiger partial charge < -0.3 is 18.6 Å². The molecule has 100 valence electrons. The average molecular weight is 277 g/mol. The number of hydrogen-bond acceptors (Lipinski definition) is 5. The summed E-state index contributed by atoms with van der Waals surface area (Å²) >= 11 is 0. The minimum Gasteiger partial charge on any atom is -0.610 e. The molecule has 0 radical (unpaired) electrons. The highest BCUT2D eigenvalue weighted by Gasteiger charge is 2.51. The van der Waals surface area contributed by atoms with Crippen molar-refractivity contribution in [3.8, 4) is 29.1 Å². The lowest BCUT2D eigenvalue weighted by atomic mass is 10.1. The Balaban J connectivity index is 1.68. The van der Waals surface area contributed by atoms with Gasteiger partial charge in [0.05, 0.1) is 18.2 Å². The van der Waals surface area contributed by atoms with Crippen LogP contribution in [0.25, 0.3) is 4.85 Å². The summed E-state index contributed by atoms with van der Waals surface area (Å²) in [5, 5.41) is 8.89. The Hall–Kier alpha value is -3.32. The lowest BCUT2D eigenvalue weighted by Crippen LogP contribution is -2.54. The van der Waals surface area contributed by atoms with Gasteiger partial charge in [-0.2, -0.15) is 5.26 Å². The summed E-state index contributed by atoms with van der Waals surface area (Å²) in [6.45, 7) is 4.54. The summed E-state index contributed by atoms with van der Waals surface area (Å²) in [7, 11) is 0. The molecule has 1 unspecified atom stereocenters. The second-order valence-electron chi connectivity index (χ2n) is 4.56. The van der Waals surface area contributed by atoms with Crippen molar-refractivity contribution in [2.24, 2.45) is 0 Å². The topological polar surface area (TPSA) is 65.1 Å². The lowest BCUT2D eigenvalue weighted by molar-refractivity contribution is 0.224. The smallest absolute Gasteiger partial charge is 0.610 e. The molecule has 2 aromatic rings. The number of nitrogens with zero attached hydrogens (tertiary/aromatic N) is 2. The van der Waals surface area contributed by atoms with Crippen molar-refractivity contribution in [2.75, 3.05) is 0 Å². The van der Waals surface area contributed by atoms with Gasteiger partial charge >= 0.3 is 6.96 Å². The van der Waals surface area contributed by atoms with Gasteiger partial charge in [0.25, 0.3) is 0 Å². The van der Waals surface area contributed by atoms with Gasteiger partial charge in [-0.25, -0.2) is 4.85 Å². The number of fused-ring (bicyclic) bond motifs is 2. The number of rotatable bonds is 0. The Morgan fingerprint density at radius 2 is 1.52 bits per heavy atom. The Morgan fingerprint density at radius 3 is 2.19 bits per heavy atom. The molecule has 0 N–H and O–H groups in total. The average Bonchev–Trinajstić information content (AvgIpc) is 3.03. The molecule has 4 rings (SSSR count). The van der Waals surface area contributed by atoms with Crippen molar-refractivity contribution in [2.45, 2.75) is 0 Å². The van der Waals surface area contributed by atoms with Crippen LogP contribution in [-0.4, -0.2) is 6.96 Å². The number of hydrogen-bond donors (Lipinski definition) is 0. The minimum atomic E-state index is -2.46. The molecule has 0 aromatic heterocycles. The van der Waals surface area contributed by atoms with Gasteiger partial charge in [0.15, 0.2) is 5.69 Å². The van der Waals surface area contributed by atoms with E-state index < -0.39 is 6.96 Å². The van der Waals surface area contributed by atoms with Gasteiger partial charge in [0.1, 0.15) is 23.0 Å². The molecule has 1 atom stereocenters. The number of nitriles is 1. The first-order valence-corrected chi connectivity index (χ1v) is 6.16. The molecular weight excluding hydrogens is 271 g/mol. The Labute approximate surface area is 119 Å². The maximum absolute atomic E-state index is 8.89. The minimum absolute atomic E-state index is 0.396. The molecule has 0 amide bonds. The fourth-order valence-electron chi connectivity index (χ4n) is 2.29. The summed E-state index contributed by atoms with van der Waals surface area (Å²) in [5.41, 5.74) is 0.892. The van der Waals surface area contributed by atoms with Crippen LogP contribution in [0.5, 0.6) is 23.0 Å². The van der Waals surface area contributed by atoms with E-state index in [4.69, 9.17) is 30.5 Å². The maximum atomic E-state index is 8.89. The predicted molar refractivity (Wildman–Crippen MR) is 72.1 cm³/mol. The first-order chi connectivity index (χ1) is 10.2. The van der Waals surface area contributed by atoms with Crippen LogP contribution in [0, 0.1) is 17.9 Å². The van der Waals surface area contributed by atoms with E-state index >= 15 is 0 Å². The summed E-state index contributed by atoms with van der Waals surface area (Å²) in [4.78, 5) is 3.33. The van der Waals surface area contributed by atoms with Crippen molar-refractivity contribution in [3.63, 3.8) is 0 Å². The Kier molecular flexibility index (Phi) is 2.11. The molecule has 2 aliphatic rings. The van der Waals surface area contributed by atoms with Crippen LogP contribution in [0.2, 0.25) is 0 Å². The van der Waals surface area contributed by atoms with Crippen LogP contribution in [0.1, 0.15) is 5.56 Å². The summed E-state index contributed by atoms with van der Waals surface area (Å²) < 4.78 is 22.5. The monoisotopic (exact) mass is 277 g/mol. The van der Waals surface area contributed by atoms with Crippen LogP contribution in [-0.2, 0) is 0 Å². The predicted octanol–water partition coefficient (Wildman–Crippen LogP) is 2.79. The molecule has 7 heteroatoms. The molecule has 0 saturated heterocycles. The molecule has 2 aliphatic heterocycles. The maximum Gasteiger partial charge on any atom is 0.777 e. The Bertz CT molecular complexity index is 782. The Morgan fingerprint density at radius 1 is 0.905 bits per heavy atom. The van der Waals surface area contributed by atoms with E-state index in [1.165, 1.54) is 0 Å². The van der Waals surface area contributed by atoms with Crippen LogP contribution in [0.3, 0.4) is 0 Å². The molecule has 0 fully saturated rings. The molecular formula is C14H6BN2O4-. The fourth-order valence-corrected chi connectivity index (χ4v) is 2.29. The van der Waals surface area contributed by atoms with E-state index in [1.54, 1.807) is 36.4 Å². The van der Waals surface area contributed by atoms with Crippen LogP contribution in [0.15, 0.2) is 36.4 Å². The largest absolute Gasteiger partial charge is 0.777 e. The quantitative estimate of drug-likeness (QED) is 0.547. The standard InChI is InChI=1S/C14H6BN2O4/c1-17-10-3-5-12-14(7-10)21-15(19-12)18-11-4-2-9(8-16)6-13(11)20-15/h2-7H/q-1. The van der Waals surface area contributed by atoms with Crippen molar-refractivity contribution < 1.29 is 18.6 Å². The van der Waals surface area contributed by atoms with Gasteiger partial charge in [-0.3, -0.25) is 0 Å². The SMILES string of the molecule is [C-]#[N+]c1ccc2c(c1)O[B-]1(Oc3ccc(C#N)cc3O1)O2. The van der Waals surface area contributed by atoms with E-state index in [0.29, 0.717) is 34.2 Å². The van der Waals surface area contributed by atoms with Crippen LogP contribution < -0.4 is 18.6 Å². The molecule has 21 heavy (non-hydrogen) atoms. The van der Waals surface area contributed by atoms with Crippen molar-refractivity contribution in [3.05, 3.63) is 53.4 Å². The molecule has 1 spiro atoms. The van der Waals surface area contributed by atoms with E-state index in [2.05, 4.69) is 4.85 Å². The molecule has 2 aromatic carbocycles. The third-order valence-electron chi connectivity index (χ3n) is 3.21. The second-order valence-corrected chi connectivity index (χ2v) is 4.56. The van der Waals surface area contributed by atoms with Gasteiger partial charge in [0, 0.05) is 0 Å². The fraction of sp³-hybridized carbons (Fsp3) is 0. The van der Waals surface area contributed by atoms with Crippen molar-refractivity contribution >= 4 is 12.6 Å². The van der Waals surface area contributed by atoms with Gasteiger partial charge in [-0.05, 0) is 30.3 Å². The van der Waals surface area contributed by atoms with Crippen molar-refractivity contribution in [1.29, 1.82) is 5.26 Å². The zero-order valence-electron chi connectivity index (χ0n) is 10.6. The van der Waals surface area contributed by atoms with E-state index in [9.17, 15) is 0 Å². The van der Waals surface area contributed by atoms with E-state index in [0.717, 1.165) is 0 Å².